The van der Waals surface area contributed by atoms with E-state index in [1.54, 1.807) is 52.0 Å². The Labute approximate surface area is 192 Å². The standard InChI is InChI=1S/C25H37N3O4/c1-11-18-12-14-19(15-13-18)20(21(29)27-24(5,6)7)28(16(2)3)22(30)17(4)26-23(31)32-25(8,9)10/h1,12-17,20H,2-10H3,(H,26,31)(H,27,29). The Morgan fingerprint density at radius 2 is 1.53 bits per heavy atom. The maximum Gasteiger partial charge on any atom is 0.408 e. The normalized spacial score (nSPS) is 13.5. The molecular weight excluding hydrogens is 406 g/mol. The first-order valence-electron chi connectivity index (χ1n) is 10.8. The largest absolute Gasteiger partial charge is 0.444 e. The molecule has 0 aliphatic carbocycles. The smallest absolute Gasteiger partial charge is 0.408 e. The van der Waals surface area contributed by atoms with Gasteiger partial charge in [0, 0.05) is 17.1 Å². The van der Waals surface area contributed by atoms with Gasteiger partial charge in [-0.15, -0.1) is 6.42 Å². The summed E-state index contributed by atoms with van der Waals surface area (Å²) in [6, 6.07) is 4.83. The first kappa shape index (κ1) is 27.0. The fraction of sp³-hybridized carbons (Fsp3) is 0.560. The number of carbonyl (C=O) groups is 3. The molecule has 3 amide bonds. The summed E-state index contributed by atoms with van der Waals surface area (Å²) in [6.45, 7) is 16.1. The first-order valence-corrected chi connectivity index (χ1v) is 10.8. The summed E-state index contributed by atoms with van der Waals surface area (Å²) in [4.78, 5) is 40.5. The van der Waals surface area contributed by atoms with Crippen molar-refractivity contribution in [2.45, 2.75) is 91.6 Å². The molecule has 0 saturated heterocycles. The molecule has 0 heterocycles. The van der Waals surface area contributed by atoms with E-state index in [9.17, 15) is 14.4 Å². The van der Waals surface area contributed by atoms with Crippen molar-refractivity contribution in [2.75, 3.05) is 0 Å². The minimum absolute atomic E-state index is 0.322. The average Bonchev–Trinajstić information content (AvgIpc) is 2.62. The molecule has 2 atom stereocenters. The van der Waals surface area contributed by atoms with E-state index in [4.69, 9.17) is 11.2 Å². The Hall–Kier alpha value is -3.01. The molecule has 7 heteroatoms. The highest BCUT2D eigenvalue weighted by Crippen LogP contribution is 2.26. The molecule has 0 fully saturated rings. The molecule has 7 nitrogen and oxygen atoms in total. The fourth-order valence-corrected chi connectivity index (χ4v) is 3.09. The summed E-state index contributed by atoms with van der Waals surface area (Å²) in [5, 5.41) is 5.53. The lowest BCUT2D eigenvalue weighted by atomic mass is 9.98. The van der Waals surface area contributed by atoms with E-state index < -0.39 is 35.2 Å². The van der Waals surface area contributed by atoms with Crippen LogP contribution in [-0.2, 0) is 14.3 Å². The summed E-state index contributed by atoms with van der Waals surface area (Å²) in [5.41, 5.74) is 0.0990. The monoisotopic (exact) mass is 443 g/mol. The number of rotatable bonds is 6. The number of nitrogens with one attached hydrogen (secondary N) is 2. The minimum atomic E-state index is -0.906. The molecule has 2 unspecified atom stereocenters. The van der Waals surface area contributed by atoms with E-state index in [1.807, 2.05) is 34.6 Å². The molecule has 176 valence electrons. The van der Waals surface area contributed by atoms with E-state index in [0.717, 1.165) is 0 Å². The van der Waals surface area contributed by atoms with Crippen LogP contribution < -0.4 is 10.6 Å². The number of hydrogen-bond donors (Lipinski definition) is 2. The number of terminal acetylenes is 1. The Bertz CT molecular complexity index is 855. The quantitative estimate of drug-likeness (QED) is 0.655. The number of hydrogen-bond acceptors (Lipinski definition) is 4. The highest BCUT2D eigenvalue weighted by molar-refractivity contribution is 5.92. The van der Waals surface area contributed by atoms with Gasteiger partial charge in [0.05, 0.1) is 0 Å². The van der Waals surface area contributed by atoms with Crippen LogP contribution in [0.4, 0.5) is 4.79 Å². The van der Waals surface area contributed by atoms with Crippen LogP contribution in [0.25, 0.3) is 0 Å². The molecule has 0 radical (unpaired) electrons. The van der Waals surface area contributed by atoms with Crippen molar-refractivity contribution < 1.29 is 19.1 Å². The molecule has 0 aromatic heterocycles. The number of alkyl carbamates (subject to hydrolysis) is 1. The van der Waals surface area contributed by atoms with Crippen LogP contribution in [0.5, 0.6) is 0 Å². The van der Waals surface area contributed by atoms with Gasteiger partial charge in [0.2, 0.25) is 11.8 Å². The molecule has 1 aromatic carbocycles. The third kappa shape index (κ3) is 8.26. The van der Waals surface area contributed by atoms with Crippen molar-refractivity contribution in [3.63, 3.8) is 0 Å². The summed E-state index contributed by atoms with van der Waals surface area (Å²) in [7, 11) is 0. The lowest BCUT2D eigenvalue weighted by molar-refractivity contribution is -0.144. The predicted octanol–water partition coefficient (Wildman–Crippen LogP) is 3.77. The number of nitrogens with zero attached hydrogens (tertiary/aromatic N) is 1. The summed E-state index contributed by atoms with van der Waals surface area (Å²) < 4.78 is 5.26. The predicted molar refractivity (Wildman–Crippen MR) is 126 cm³/mol. The number of benzene rings is 1. The lowest BCUT2D eigenvalue weighted by Crippen LogP contribution is -2.55. The molecule has 32 heavy (non-hydrogen) atoms. The topological polar surface area (TPSA) is 87.7 Å². The van der Waals surface area contributed by atoms with Crippen molar-refractivity contribution in [3.05, 3.63) is 35.4 Å². The maximum atomic E-state index is 13.4. The minimum Gasteiger partial charge on any atom is -0.444 e. The van der Waals surface area contributed by atoms with Crippen LogP contribution in [0, 0.1) is 12.3 Å². The van der Waals surface area contributed by atoms with E-state index >= 15 is 0 Å². The van der Waals surface area contributed by atoms with Gasteiger partial charge >= 0.3 is 6.09 Å². The van der Waals surface area contributed by atoms with Crippen molar-refractivity contribution in [2.24, 2.45) is 0 Å². The van der Waals surface area contributed by atoms with Gasteiger partial charge in [0.25, 0.3) is 0 Å². The third-order valence-electron chi connectivity index (χ3n) is 4.33. The van der Waals surface area contributed by atoms with Gasteiger partial charge in [-0.2, -0.15) is 0 Å². The number of carbonyl (C=O) groups excluding carboxylic acids is 3. The second-order valence-corrected chi connectivity index (χ2v) is 10.1. The van der Waals surface area contributed by atoms with E-state index in [2.05, 4.69) is 16.6 Å². The van der Waals surface area contributed by atoms with E-state index in [1.165, 1.54) is 4.90 Å². The van der Waals surface area contributed by atoms with Gasteiger partial charge in [0.15, 0.2) is 0 Å². The Morgan fingerprint density at radius 3 is 1.94 bits per heavy atom. The SMILES string of the molecule is C#Cc1ccc(C(C(=O)NC(C)(C)C)N(C(=O)C(C)NC(=O)OC(C)(C)C)C(C)C)cc1. The second-order valence-electron chi connectivity index (χ2n) is 10.1. The Balaban J connectivity index is 3.33. The van der Waals surface area contributed by atoms with Crippen LogP contribution >= 0.6 is 0 Å². The zero-order valence-electron chi connectivity index (χ0n) is 20.7. The van der Waals surface area contributed by atoms with Crippen LogP contribution in [-0.4, -0.2) is 46.0 Å². The van der Waals surface area contributed by atoms with Gasteiger partial charge in [-0.05, 0) is 80.0 Å². The lowest BCUT2D eigenvalue weighted by Gasteiger charge is -2.37. The third-order valence-corrected chi connectivity index (χ3v) is 4.33. The fourth-order valence-electron chi connectivity index (χ4n) is 3.09. The number of amides is 3. The number of ether oxygens (including phenoxy) is 1. The van der Waals surface area contributed by atoms with E-state index in [0.29, 0.717) is 11.1 Å². The summed E-state index contributed by atoms with van der Waals surface area (Å²) >= 11 is 0. The highest BCUT2D eigenvalue weighted by Gasteiger charge is 2.37. The average molecular weight is 444 g/mol. The van der Waals surface area contributed by atoms with Crippen LogP contribution in [0.3, 0.4) is 0 Å². The van der Waals surface area contributed by atoms with E-state index in [-0.39, 0.29) is 11.9 Å². The molecule has 1 aromatic rings. The van der Waals surface area contributed by atoms with Gasteiger partial charge in [-0.1, -0.05) is 18.1 Å². The molecule has 0 bridgehead atoms. The van der Waals surface area contributed by atoms with Crippen LogP contribution in [0.1, 0.15) is 79.5 Å². The summed E-state index contributed by atoms with van der Waals surface area (Å²) in [5.74, 6) is 1.83. The zero-order chi connectivity index (χ0) is 24.9. The van der Waals surface area contributed by atoms with Crippen molar-refractivity contribution in [1.29, 1.82) is 0 Å². The van der Waals surface area contributed by atoms with Gasteiger partial charge in [-0.3, -0.25) is 9.59 Å². The van der Waals surface area contributed by atoms with Gasteiger partial charge in [0.1, 0.15) is 17.7 Å². The molecule has 2 N–H and O–H groups in total. The summed E-state index contributed by atoms with van der Waals surface area (Å²) in [6.07, 6.45) is 4.76. The van der Waals surface area contributed by atoms with Gasteiger partial charge < -0.3 is 20.3 Å². The Kier molecular flexibility index (Phi) is 8.90. The molecule has 0 saturated carbocycles. The zero-order valence-corrected chi connectivity index (χ0v) is 20.7. The molecule has 0 aliphatic heterocycles. The van der Waals surface area contributed by atoms with Crippen molar-refractivity contribution in [3.8, 4) is 12.3 Å². The Morgan fingerprint density at radius 1 is 1.00 bits per heavy atom. The van der Waals surface area contributed by atoms with Gasteiger partial charge in [-0.25, -0.2) is 4.79 Å². The molecule has 0 spiro atoms. The van der Waals surface area contributed by atoms with Crippen molar-refractivity contribution in [1.82, 2.24) is 15.5 Å². The molecular formula is C25H37N3O4. The van der Waals surface area contributed by atoms with Crippen molar-refractivity contribution >= 4 is 17.9 Å². The second kappa shape index (κ2) is 10.5. The maximum absolute atomic E-state index is 13.4. The van der Waals surface area contributed by atoms with Crippen LogP contribution in [0.15, 0.2) is 24.3 Å². The molecule has 1 rings (SSSR count). The first-order chi connectivity index (χ1) is 14.6. The van der Waals surface area contributed by atoms with Crippen LogP contribution in [0.2, 0.25) is 0 Å². The molecule has 0 aliphatic rings. The highest BCUT2D eigenvalue weighted by atomic mass is 16.6.